The van der Waals surface area contributed by atoms with Gasteiger partial charge in [0.25, 0.3) is 0 Å². The molecule has 0 saturated heterocycles. The summed E-state index contributed by atoms with van der Waals surface area (Å²) < 4.78 is 0. The molecule has 0 bridgehead atoms. The van der Waals surface area contributed by atoms with E-state index in [1.165, 1.54) is 0 Å². The Kier molecular flexibility index (Phi) is 0.984. The number of rotatable bonds is 0. The zero-order chi connectivity index (χ0) is 5.11. The lowest BCUT2D eigenvalue weighted by Gasteiger charge is -1.99. The molecule has 1 N–H and O–H groups in total. The summed E-state index contributed by atoms with van der Waals surface area (Å²) in [4.78, 5) is 0. The molecule has 1 aliphatic rings. The largest absolute Gasteiger partial charge is 0.362 e. The van der Waals surface area contributed by atoms with Crippen molar-refractivity contribution in [1.82, 2.24) is 5.32 Å². The molecule has 0 aromatic carbocycles. The first-order chi connectivity index (χ1) is 3.39. The quantitative estimate of drug-likeness (QED) is 0.469. The molecule has 1 nitrogen and oxygen atoms in total. The van der Waals surface area contributed by atoms with Crippen LogP contribution in [0.25, 0.3) is 0 Å². The third-order valence-corrected chi connectivity index (χ3v) is 0.733. The van der Waals surface area contributed by atoms with E-state index in [0.717, 1.165) is 0 Å². The first-order valence-corrected chi connectivity index (χ1v) is 2.12. The van der Waals surface area contributed by atoms with E-state index in [0.29, 0.717) is 5.70 Å². The van der Waals surface area contributed by atoms with Gasteiger partial charge in [-0.1, -0.05) is 6.08 Å². The van der Waals surface area contributed by atoms with Crippen molar-refractivity contribution in [3.8, 4) is 0 Å². The average molecular weight is 92.1 g/mol. The minimum Gasteiger partial charge on any atom is -0.362 e. The molecule has 1 heteroatoms. The van der Waals surface area contributed by atoms with Crippen LogP contribution < -0.4 is 5.32 Å². The summed E-state index contributed by atoms with van der Waals surface area (Å²) >= 11 is 0. The maximum Gasteiger partial charge on any atom is 0.0380 e. The Hall–Kier alpha value is -0.980. The zero-order valence-corrected chi connectivity index (χ0v) is 3.89. The Morgan fingerprint density at radius 1 is 1.43 bits per heavy atom. The van der Waals surface area contributed by atoms with Crippen LogP contribution in [0.1, 0.15) is 0 Å². The van der Waals surface area contributed by atoms with Crippen LogP contribution in [-0.2, 0) is 0 Å². The Morgan fingerprint density at radius 3 is 2.57 bits per heavy atom. The molecule has 0 aromatic rings. The Labute approximate surface area is 43.0 Å². The smallest absolute Gasteiger partial charge is 0.0380 e. The van der Waals surface area contributed by atoms with E-state index in [1.807, 2.05) is 12.2 Å². The highest BCUT2D eigenvalue weighted by Gasteiger charge is 1.82. The second kappa shape index (κ2) is 1.65. The lowest BCUT2D eigenvalue weighted by molar-refractivity contribution is 1.10. The van der Waals surface area contributed by atoms with Gasteiger partial charge in [-0.3, -0.25) is 0 Å². The van der Waals surface area contributed by atoms with Crippen LogP contribution >= 0.6 is 0 Å². The van der Waals surface area contributed by atoms with Gasteiger partial charge in [0.15, 0.2) is 0 Å². The van der Waals surface area contributed by atoms with Gasteiger partial charge in [-0.05, 0) is 18.7 Å². The first kappa shape index (κ1) is 4.19. The summed E-state index contributed by atoms with van der Waals surface area (Å²) in [6.45, 7) is 5.30. The van der Waals surface area contributed by atoms with Crippen LogP contribution in [0.3, 0.4) is 0 Å². The van der Waals surface area contributed by atoms with Crippen molar-refractivity contribution >= 4 is 0 Å². The summed E-state index contributed by atoms with van der Waals surface area (Å²) in [7, 11) is 0. The monoisotopic (exact) mass is 92.1 g/mol. The molecule has 0 saturated carbocycles. The van der Waals surface area contributed by atoms with E-state index in [9.17, 15) is 0 Å². The molecular formula is C6H6N. The molecule has 0 fully saturated rings. The van der Waals surface area contributed by atoms with Gasteiger partial charge in [-0.2, -0.15) is 0 Å². The lowest BCUT2D eigenvalue weighted by atomic mass is 10.3. The molecule has 35 valence electrons. The molecule has 7 heavy (non-hydrogen) atoms. The Morgan fingerprint density at radius 2 is 2.29 bits per heavy atom. The van der Waals surface area contributed by atoms with Crippen molar-refractivity contribution in [2.45, 2.75) is 0 Å². The molecule has 0 unspecified atom stereocenters. The summed E-state index contributed by atoms with van der Waals surface area (Å²) in [5.74, 6) is 0. The predicted octanol–water partition coefficient (Wildman–Crippen LogP) is 0.976. The predicted molar refractivity (Wildman–Crippen MR) is 29.2 cm³/mol. The lowest BCUT2D eigenvalue weighted by Crippen LogP contribution is -2.02. The van der Waals surface area contributed by atoms with Gasteiger partial charge in [0, 0.05) is 11.9 Å². The summed E-state index contributed by atoms with van der Waals surface area (Å²) in [5.41, 5.74) is 0.697. The van der Waals surface area contributed by atoms with Crippen molar-refractivity contribution in [1.29, 1.82) is 0 Å². The van der Waals surface area contributed by atoms with Crippen LogP contribution in [0, 0.1) is 6.58 Å². The molecule has 1 heterocycles. The Balaban J connectivity index is 2.66. The van der Waals surface area contributed by atoms with Gasteiger partial charge in [0.1, 0.15) is 0 Å². The second-order valence-corrected chi connectivity index (χ2v) is 1.32. The highest BCUT2D eigenvalue weighted by Crippen LogP contribution is 1.91. The Bertz CT molecular complexity index is 131. The third kappa shape index (κ3) is 0.929. The number of dihydropyridines is 1. The second-order valence-electron chi connectivity index (χ2n) is 1.32. The number of hydrogen-bond acceptors (Lipinski definition) is 1. The van der Waals surface area contributed by atoms with E-state index in [1.54, 1.807) is 12.3 Å². The number of allylic oxidation sites excluding steroid dienone is 3. The van der Waals surface area contributed by atoms with Crippen LogP contribution in [-0.4, -0.2) is 0 Å². The standard InChI is InChI=1S/C6H6N/c1-6-4-2-3-5-7-6/h1-5,7H. The molecule has 1 rings (SSSR count). The molecular weight excluding hydrogens is 86.1 g/mol. The molecule has 0 atom stereocenters. The van der Waals surface area contributed by atoms with Crippen molar-refractivity contribution < 1.29 is 0 Å². The maximum atomic E-state index is 5.30. The fourth-order valence-electron chi connectivity index (χ4n) is 0.407. The van der Waals surface area contributed by atoms with Gasteiger partial charge >= 0.3 is 0 Å². The molecule has 0 aromatic heterocycles. The van der Waals surface area contributed by atoms with Gasteiger partial charge in [0.05, 0.1) is 0 Å². The van der Waals surface area contributed by atoms with Crippen LogP contribution in [0.15, 0.2) is 30.1 Å². The van der Waals surface area contributed by atoms with E-state index in [-0.39, 0.29) is 0 Å². The summed E-state index contributed by atoms with van der Waals surface area (Å²) in [5, 5.41) is 2.81. The number of hydrogen-bond donors (Lipinski definition) is 1. The van der Waals surface area contributed by atoms with E-state index >= 15 is 0 Å². The van der Waals surface area contributed by atoms with Crippen LogP contribution in [0.5, 0.6) is 0 Å². The minimum atomic E-state index is 0.697. The fourth-order valence-corrected chi connectivity index (χ4v) is 0.407. The van der Waals surface area contributed by atoms with Crippen molar-refractivity contribution in [2.75, 3.05) is 0 Å². The van der Waals surface area contributed by atoms with E-state index in [4.69, 9.17) is 6.58 Å². The van der Waals surface area contributed by atoms with Crippen LogP contribution in [0.4, 0.5) is 0 Å². The molecule has 1 radical (unpaired) electrons. The molecule has 0 aliphatic carbocycles. The normalized spacial score (nSPS) is 16.9. The van der Waals surface area contributed by atoms with Crippen molar-refractivity contribution in [3.63, 3.8) is 0 Å². The summed E-state index contributed by atoms with van der Waals surface area (Å²) in [6, 6.07) is 0. The first-order valence-electron chi connectivity index (χ1n) is 2.12. The third-order valence-electron chi connectivity index (χ3n) is 0.733. The highest BCUT2D eigenvalue weighted by atomic mass is 14.8. The van der Waals surface area contributed by atoms with Gasteiger partial charge < -0.3 is 5.32 Å². The minimum absolute atomic E-state index is 0.697. The van der Waals surface area contributed by atoms with Gasteiger partial charge in [-0.15, -0.1) is 0 Å². The van der Waals surface area contributed by atoms with Crippen molar-refractivity contribution in [2.24, 2.45) is 0 Å². The highest BCUT2D eigenvalue weighted by molar-refractivity contribution is 5.22. The molecule has 0 amide bonds. The van der Waals surface area contributed by atoms with E-state index < -0.39 is 0 Å². The maximum absolute atomic E-state index is 5.30. The van der Waals surface area contributed by atoms with Crippen molar-refractivity contribution in [3.05, 3.63) is 36.7 Å². The summed E-state index contributed by atoms with van der Waals surface area (Å²) in [6.07, 6.45) is 7.36. The van der Waals surface area contributed by atoms with Gasteiger partial charge in [0.2, 0.25) is 0 Å². The topological polar surface area (TPSA) is 12.0 Å². The van der Waals surface area contributed by atoms with Crippen LogP contribution in [0.2, 0.25) is 0 Å². The molecule has 0 spiro atoms. The van der Waals surface area contributed by atoms with E-state index in [2.05, 4.69) is 5.32 Å². The molecule has 1 aliphatic heterocycles. The average Bonchev–Trinajstić information content (AvgIpc) is 1.69. The number of nitrogens with one attached hydrogen (secondary N) is 1. The fraction of sp³-hybridized carbons (Fsp3) is 0. The SMILES string of the molecule is [CH]=C1C=CC=CN1. The van der Waals surface area contributed by atoms with Gasteiger partial charge in [-0.25, -0.2) is 0 Å². The zero-order valence-electron chi connectivity index (χ0n) is 3.89.